The van der Waals surface area contributed by atoms with E-state index in [0.29, 0.717) is 10.7 Å². The molecular weight excluding hydrogens is 340 g/mol. The van der Waals surface area contributed by atoms with Crippen LogP contribution in [-0.4, -0.2) is 16.6 Å². The quantitative estimate of drug-likeness (QED) is 0.712. The van der Waals surface area contributed by atoms with E-state index in [1.165, 1.54) is 36.8 Å². The molecule has 2 aromatic rings. The molecule has 1 heterocycles. The lowest BCUT2D eigenvalue weighted by Gasteiger charge is -2.12. The van der Waals surface area contributed by atoms with Gasteiger partial charge in [-0.3, -0.25) is 0 Å². The Bertz CT molecular complexity index is 731. The van der Waals surface area contributed by atoms with Gasteiger partial charge in [-0.2, -0.15) is 5.11 Å². The summed E-state index contributed by atoms with van der Waals surface area (Å²) in [4.78, 5) is 7.68. The molecule has 0 atom stereocenters. The summed E-state index contributed by atoms with van der Waals surface area (Å²) in [5, 5.41) is 6.48. The van der Waals surface area contributed by atoms with E-state index < -0.39 is 5.92 Å². The van der Waals surface area contributed by atoms with Gasteiger partial charge in [0.2, 0.25) is 0 Å². The van der Waals surface area contributed by atoms with Crippen molar-refractivity contribution >= 4 is 17.3 Å². The molecule has 0 saturated carbocycles. The second-order valence-electron chi connectivity index (χ2n) is 4.83. The Labute approximate surface area is 142 Å². The standard InChI is InChI=1S/C15H14ClF2N5O/c1-15(17,18)10-3-2-4-12(5-10)20-8-13(23-19)9-24-14-21-6-11(16)7-22-14/h2-8,19-20H,9H2,1H3/b13-8-,23-19?. The highest BCUT2D eigenvalue weighted by Gasteiger charge is 2.23. The van der Waals surface area contributed by atoms with Crippen LogP contribution < -0.4 is 10.1 Å². The predicted octanol–water partition coefficient (Wildman–Crippen LogP) is 4.60. The van der Waals surface area contributed by atoms with Crippen molar-refractivity contribution in [1.82, 2.24) is 9.97 Å². The molecule has 0 amide bonds. The lowest BCUT2D eigenvalue weighted by Crippen LogP contribution is -2.07. The number of aromatic nitrogens is 2. The molecule has 0 fully saturated rings. The average molecular weight is 354 g/mol. The van der Waals surface area contributed by atoms with Crippen molar-refractivity contribution in [2.75, 3.05) is 11.9 Å². The second kappa shape index (κ2) is 7.78. The SMILES string of the molecule is CC(F)(F)c1cccc(N/C=C(/COc2ncc(Cl)cn2)N=N)c1. The molecule has 0 bridgehead atoms. The van der Waals surface area contributed by atoms with E-state index in [2.05, 4.69) is 20.4 Å². The molecule has 0 saturated heterocycles. The van der Waals surface area contributed by atoms with E-state index in [-0.39, 0.29) is 23.9 Å². The van der Waals surface area contributed by atoms with Crippen LogP contribution in [0.3, 0.4) is 0 Å². The van der Waals surface area contributed by atoms with Gasteiger partial charge in [-0.15, -0.1) is 0 Å². The summed E-state index contributed by atoms with van der Waals surface area (Å²) in [6.45, 7) is 0.758. The molecule has 1 aromatic heterocycles. The average Bonchev–Trinajstić information content (AvgIpc) is 2.56. The maximum Gasteiger partial charge on any atom is 0.316 e. The topological polar surface area (TPSA) is 83.2 Å². The third kappa shape index (κ3) is 5.24. The number of anilines is 1. The monoisotopic (exact) mass is 353 g/mol. The third-order valence-electron chi connectivity index (χ3n) is 2.86. The molecule has 0 aliphatic rings. The van der Waals surface area contributed by atoms with E-state index in [4.69, 9.17) is 21.9 Å². The zero-order valence-corrected chi connectivity index (χ0v) is 13.4. The van der Waals surface area contributed by atoms with Gasteiger partial charge in [-0.05, 0) is 12.1 Å². The van der Waals surface area contributed by atoms with Crippen LogP contribution >= 0.6 is 11.6 Å². The van der Waals surface area contributed by atoms with Gasteiger partial charge in [-0.25, -0.2) is 24.3 Å². The lowest BCUT2D eigenvalue weighted by molar-refractivity contribution is 0.0175. The van der Waals surface area contributed by atoms with Crippen molar-refractivity contribution < 1.29 is 13.5 Å². The van der Waals surface area contributed by atoms with Crippen LogP contribution in [0.4, 0.5) is 14.5 Å². The van der Waals surface area contributed by atoms with Crippen LogP contribution in [0.2, 0.25) is 5.02 Å². The first-order valence-corrected chi connectivity index (χ1v) is 7.18. The lowest BCUT2D eigenvalue weighted by atomic mass is 10.1. The summed E-state index contributed by atoms with van der Waals surface area (Å²) in [5.41, 5.74) is 7.67. The number of alkyl halides is 2. The summed E-state index contributed by atoms with van der Waals surface area (Å²) in [5.74, 6) is -2.93. The van der Waals surface area contributed by atoms with Gasteiger partial charge in [0, 0.05) is 24.4 Å². The molecule has 9 heteroatoms. The Hall–Kier alpha value is -2.61. The number of halogens is 3. The van der Waals surface area contributed by atoms with Crippen molar-refractivity contribution in [3.05, 3.63) is 59.1 Å². The molecule has 0 aliphatic carbocycles. The fraction of sp³-hybridized carbons (Fsp3) is 0.200. The highest BCUT2D eigenvalue weighted by atomic mass is 35.5. The highest BCUT2D eigenvalue weighted by molar-refractivity contribution is 6.30. The zero-order valence-electron chi connectivity index (χ0n) is 12.6. The van der Waals surface area contributed by atoms with E-state index in [1.54, 1.807) is 6.07 Å². The van der Waals surface area contributed by atoms with Gasteiger partial charge in [-0.1, -0.05) is 23.7 Å². The van der Waals surface area contributed by atoms with Gasteiger partial charge in [0.05, 0.1) is 17.4 Å². The number of hydrogen-bond donors (Lipinski definition) is 2. The normalized spacial score (nSPS) is 11.9. The molecule has 24 heavy (non-hydrogen) atoms. The van der Waals surface area contributed by atoms with Crippen molar-refractivity contribution in [2.24, 2.45) is 5.11 Å². The highest BCUT2D eigenvalue weighted by Crippen LogP contribution is 2.28. The fourth-order valence-corrected chi connectivity index (χ4v) is 1.77. The Morgan fingerprint density at radius 1 is 1.42 bits per heavy atom. The molecule has 2 rings (SSSR count). The minimum atomic E-state index is -2.93. The van der Waals surface area contributed by atoms with Crippen LogP contribution in [0.1, 0.15) is 12.5 Å². The first kappa shape index (κ1) is 17.7. The molecule has 2 N–H and O–H groups in total. The number of nitrogens with one attached hydrogen (secondary N) is 2. The maximum atomic E-state index is 13.3. The maximum absolute atomic E-state index is 13.3. The van der Waals surface area contributed by atoms with Crippen molar-refractivity contribution in [1.29, 1.82) is 5.53 Å². The molecular formula is C15H14ClF2N5O. The van der Waals surface area contributed by atoms with Gasteiger partial charge in [0.25, 0.3) is 5.92 Å². The van der Waals surface area contributed by atoms with Crippen LogP contribution in [0, 0.1) is 5.53 Å². The third-order valence-corrected chi connectivity index (χ3v) is 3.06. The Kier molecular flexibility index (Phi) is 5.75. The summed E-state index contributed by atoms with van der Waals surface area (Å²) in [6.07, 6.45) is 4.13. The van der Waals surface area contributed by atoms with Crippen molar-refractivity contribution in [3.8, 4) is 6.01 Å². The number of benzene rings is 1. The minimum Gasteiger partial charge on any atom is -0.457 e. The van der Waals surface area contributed by atoms with Crippen molar-refractivity contribution in [3.63, 3.8) is 0 Å². The molecule has 6 nitrogen and oxygen atoms in total. The molecule has 126 valence electrons. The molecule has 0 aliphatic heterocycles. The number of nitrogens with zero attached hydrogens (tertiary/aromatic N) is 3. The van der Waals surface area contributed by atoms with Gasteiger partial charge >= 0.3 is 6.01 Å². The number of hydrogen-bond acceptors (Lipinski definition) is 6. The van der Waals surface area contributed by atoms with E-state index in [0.717, 1.165) is 6.92 Å². The van der Waals surface area contributed by atoms with E-state index in [9.17, 15) is 8.78 Å². The first-order valence-electron chi connectivity index (χ1n) is 6.80. The van der Waals surface area contributed by atoms with Gasteiger partial charge in [0.1, 0.15) is 12.3 Å². The van der Waals surface area contributed by atoms with Crippen LogP contribution in [-0.2, 0) is 5.92 Å². The molecule has 0 radical (unpaired) electrons. The van der Waals surface area contributed by atoms with E-state index >= 15 is 0 Å². The molecule has 0 unspecified atom stereocenters. The van der Waals surface area contributed by atoms with Gasteiger partial charge < -0.3 is 10.1 Å². The minimum absolute atomic E-state index is 0.0677. The smallest absolute Gasteiger partial charge is 0.316 e. The number of ether oxygens (including phenoxy) is 1. The first-order chi connectivity index (χ1) is 11.4. The summed E-state index contributed by atoms with van der Waals surface area (Å²) in [7, 11) is 0. The predicted molar refractivity (Wildman–Crippen MR) is 85.4 cm³/mol. The Morgan fingerprint density at radius 3 is 2.75 bits per heavy atom. The van der Waals surface area contributed by atoms with Gasteiger partial charge in [0.15, 0.2) is 0 Å². The van der Waals surface area contributed by atoms with Crippen molar-refractivity contribution in [2.45, 2.75) is 12.8 Å². The van der Waals surface area contributed by atoms with E-state index in [1.807, 2.05) is 0 Å². The number of rotatable bonds is 7. The Balaban J connectivity index is 2.00. The zero-order chi connectivity index (χ0) is 17.6. The molecule has 0 spiro atoms. The molecule has 1 aromatic carbocycles. The summed E-state index contributed by atoms with van der Waals surface area (Å²) in [6, 6.07) is 5.88. The summed E-state index contributed by atoms with van der Waals surface area (Å²) >= 11 is 5.66. The van der Waals surface area contributed by atoms with Crippen LogP contribution in [0.5, 0.6) is 6.01 Å². The largest absolute Gasteiger partial charge is 0.457 e. The fourth-order valence-electron chi connectivity index (χ4n) is 1.67. The second-order valence-corrected chi connectivity index (χ2v) is 5.27. The van der Waals surface area contributed by atoms with Crippen LogP contribution in [0.15, 0.2) is 53.7 Å². The summed E-state index contributed by atoms with van der Waals surface area (Å²) < 4.78 is 31.9. The van der Waals surface area contributed by atoms with Crippen LogP contribution in [0.25, 0.3) is 0 Å². The Morgan fingerprint density at radius 2 is 2.12 bits per heavy atom.